The molecule has 58 valence electrons. The van der Waals surface area contributed by atoms with Crippen molar-refractivity contribution in [2.75, 3.05) is 43.4 Å². The monoisotopic (exact) mass is 149 g/mol. The van der Waals surface area contributed by atoms with Crippen LogP contribution in [0.2, 0.25) is 0 Å². The largest absolute Gasteiger partial charge is 0.315 e. The average molecular weight is 149 g/mol. The van der Waals surface area contributed by atoms with Crippen LogP contribution < -0.4 is 5.32 Å². The first kappa shape index (κ1) is 7.42. The highest BCUT2D eigenvalue weighted by Crippen LogP contribution is 2.59. The van der Waals surface area contributed by atoms with Crippen molar-refractivity contribution in [1.29, 1.82) is 0 Å². The van der Waals surface area contributed by atoms with Gasteiger partial charge in [0.1, 0.15) is 0 Å². The van der Waals surface area contributed by atoms with E-state index in [1.54, 1.807) is 0 Å². The van der Waals surface area contributed by atoms with Gasteiger partial charge in [-0.3, -0.25) is 9.16 Å². The first-order valence-electron chi connectivity index (χ1n) is 3.68. The van der Waals surface area contributed by atoms with Crippen molar-refractivity contribution in [3.8, 4) is 0 Å². The van der Waals surface area contributed by atoms with Crippen molar-refractivity contribution in [3.63, 3.8) is 0 Å². The van der Waals surface area contributed by atoms with Crippen molar-refractivity contribution in [2.45, 2.75) is 0 Å². The molecule has 0 amide bonds. The van der Waals surface area contributed by atoms with E-state index in [2.05, 4.69) is 24.1 Å². The van der Waals surface area contributed by atoms with E-state index < -0.39 is 9.16 Å². The maximum atomic E-state index is 3.40. The minimum atomic E-state index is -1.11. The fourth-order valence-electron chi connectivity index (χ4n) is 1.22. The number of thiol groups is 1. The molecule has 1 nitrogen and oxygen atoms in total. The van der Waals surface area contributed by atoms with Crippen molar-refractivity contribution in [1.82, 2.24) is 5.32 Å². The van der Waals surface area contributed by atoms with Gasteiger partial charge in [-0.05, 0) is 30.3 Å². The van der Waals surface area contributed by atoms with Gasteiger partial charge in [-0.1, -0.05) is 0 Å². The van der Waals surface area contributed by atoms with Gasteiger partial charge < -0.3 is 5.32 Å². The molecule has 0 spiro atoms. The summed E-state index contributed by atoms with van der Waals surface area (Å²) in [6.45, 7) is 2.50. The molecule has 2 heteroatoms. The standard InChI is InChI=1S/C7H19NS/c1-9(2,3)6-4-8-5-7-9/h8-9H,4-7H2,1-3H3. The van der Waals surface area contributed by atoms with Crippen molar-refractivity contribution in [3.05, 3.63) is 0 Å². The molecular formula is C7H19NS. The fourth-order valence-corrected chi connectivity index (χ4v) is 3.42. The summed E-state index contributed by atoms with van der Waals surface area (Å²) in [4.78, 5) is 0. The molecule has 0 aromatic carbocycles. The third-order valence-electron chi connectivity index (χ3n) is 2.24. The van der Waals surface area contributed by atoms with Crippen LogP contribution in [0.25, 0.3) is 0 Å². The summed E-state index contributed by atoms with van der Waals surface area (Å²) in [7, 11) is -1.11. The van der Waals surface area contributed by atoms with Crippen LogP contribution in [-0.4, -0.2) is 43.4 Å². The van der Waals surface area contributed by atoms with Crippen LogP contribution in [0, 0.1) is 0 Å². The van der Waals surface area contributed by atoms with E-state index in [0.717, 1.165) is 0 Å². The predicted octanol–water partition coefficient (Wildman–Crippen LogP) is 0.552. The highest BCUT2D eigenvalue weighted by atomic mass is 32.3. The third-order valence-corrected chi connectivity index (χ3v) is 6.00. The Hall–Kier alpha value is 0.310. The smallest absolute Gasteiger partial charge is 0.00142 e. The molecule has 0 unspecified atom stereocenters. The molecule has 0 atom stereocenters. The molecule has 0 radical (unpaired) electrons. The Balaban J connectivity index is 2.58. The molecule has 0 aliphatic carbocycles. The van der Waals surface area contributed by atoms with Gasteiger partial charge in [-0.25, -0.2) is 0 Å². The normalized spacial score (nSPS) is 36.6. The number of hydrogen-bond acceptors (Lipinski definition) is 1. The van der Waals surface area contributed by atoms with Gasteiger partial charge in [0.15, 0.2) is 0 Å². The van der Waals surface area contributed by atoms with Crippen LogP contribution >= 0.6 is 9.16 Å². The lowest BCUT2D eigenvalue weighted by atomic mass is 10.6. The maximum absolute atomic E-state index is 3.40. The summed E-state index contributed by atoms with van der Waals surface area (Å²) >= 11 is 0. The van der Waals surface area contributed by atoms with E-state index in [1.165, 1.54) is 24.6 Å². The summed E-state index contributed by atoms with van der Waals surface area (Å²) in [5.41, 5.74) is 0. The summed E-state index contributed by atoms with van der Waals surface area (Å²) in [6, 6.07) is 0. The summed E-state index contributed by atoms with van der Waals surface area (Å²) in [6.07, 6.45) is 7.48. The van der Waals surface area contributed by atoms with E-state index in [9.17, 15) is 0 Å². The van der Waals surface area contributed by atoms with Gasteiger partial charge in [0.2, 0.25) is 0 Å². The molecule has 1 rings (SSSR count). The van der Waals surface area contributed by atoms with E-state index in [-0.39, 0.29) is 0 Å². The Morgan fingerprint density at radius 1 is 1.00 bits per heavy atom. The molecule has 0 aromatic rings. The lowest BCUT2D eigenvalue weighted by molar-refractivity contribution is 0.744. The molecule has 1 N–H and O–H groups in total. The van der Waals surface area contributed by atoms with Gasteiger partial charge in [0, 0.05) is 13.1 Å². The second-order valence-electron chi connectivity index (χ2n) is 4.66. The van der Waals surface area contributed by atoms with Crippen molar-refractivity contribution < 1.29 is 0 Å². The number of rotatable bonds is 0. The van der Waals surface area contributed by atoms with Crippen LogP contribution in [0.3, 0.4) is 0 Å². The Morgan fingerprint density at radius 3 is 1.67 bits per heavy atom. The van der Waals surface area contributed by atoms with Crippen LogP contribution in [0.4, 0.5) is 0 Å². The molecular weight excluding hydrogens is 130 g/mol. The molecule has 1 saturated heterocycles. The van der Waals surface area contributed by atoms with Crippen LogP contribution in [0.1, 0.15) is 0 Å². The molecule has 0 aromatic heterocycles. The zero-order valence-electron chi connectivity index (χ0n) is 6.78. The van der Waals surface area contributed by atoms with E-state index >= 15 is 0 Å². The first-order valence-corrected chi connectivity index (χ1v) is 7.63. The number of hydrogen-bond donors (Lipinski definition) is 2. The second-order valence-corrected chi connectivity index (χ2v) is 12.5. The van der Waals surface area contributed by atoms with Crippen LogP contribution in [0.5, 0.6) is 0 Å². The minimum Gasteiger partial charge on any atom is -0.315 e. The molecule has 1 fully saturated rings. The lowest BCUT2D eigenvalue weighted by Crippen LogP contribution is -2.39. The highest BCUT2D eigenvalue weighted by Gasteiger charge is 2.26. The van der Waals surface area contributed by atoms with Crippen LogP contribution in [-0.2, 0) is 0 Å². The quantitative estimate of drug-likeness (QED) is 0.479. The molecule has 1 heterocycles. The molecule has 1 aliphatic heterocycles. The topological polar surface area (TPSA) is 12.0 Å². The lowest BCUT2D eigenvalue weighted by Gasteiger charge is -2.54. The SMILES string of the molecule is C[SH]1(C)(C)CCNCC1. The van der Waals surface area contributed by atoms with Crippen LogP contribution in [0.15, 0.2) is 0 Å². The van der Waals surface area contributed by atoms with Gasteiger partial charge in [0.05, 0.1) is 0 Å². The fraction of sp³-hybridized carbons (Fsp3) is 1.00. The summed E-state index contributed by atoms with van der Waals surface area (Å²) < 4.78 is 0. The molecule has 9 heavy (non-hydrogen) atoms. The van der Waals surface area contributed by atoms with Gasteiger partial charge in [-0.2, -0.15) is 0 Å². The molecule has 1 aliphatic rings. The Morgan fingerprint density at radius 2 is 1.44 bits per heavy atom. The Kier molecular flexibility index (Phi) is 1.56. The van der Waals surface area contributed by atoms with E-state index in [4.69, 9.17) is 0 Å². The first-order chi connectivity index (χ1) is 3.97. The molecule has 0 saturated carbocycles. The van der Waals surface area contributed by atoms with E-state index in [0.29, 0.717) is 0 Å². The van der Waals surface area contributed by atoms with Gasteiger partial charge in [0.25, 0.3) is 0 Å². The van der Waals surface area contributed by atoms with E-state index in [1.807, 2.05) is 0 Å². The second kappa shape index (κ2) is 1.89. The third kappa shape index (κ3) is 2.18. The highest BCUT2D eigenvalue weighted by molar-refractivity contribution is 8.48. The predicted molar refractivity (Wildman–Crippen MR) is 49.4 cm³/mol. The van der Waals surface area contributed by atoms with Gasteiger partial charge in [-0.15, -0.1) is 0 Å². The Bertz CT molecular complexity index is 102. The number of nitrogens with one attached hydrogen (secondary N) is 1. The average Bonchev–Trinajstić information content (AvgIpc) is 1.62. The summed E-state index contributed by atoms with van der Waals surface area (Å²) in [5.74, 6) is 2.87. The maximum Gasteiger partial charge on any atom is 0.00142 e. The summed E-state index contributed by atoms with van der Waals surface area (Å²) in [5, 5.41) is 3.40. The zero-order valence-corrected chi connectivity index (χ0v) is 7.67. The van der Waals surface area contributed by atoms with Gasteiger partial charge >= 0.3 is 0 Å². The zero-order chi connectivity index (χ0) is 6.98. The Labute approximate surface area is 58.5 Å². The van der Waals surface area contributed by atoms with Crippen molar-refractivity contribution >= 4 is 9.16 Å². The van der Waals surface area contributed by atoms with Crippen molar-refractivity contribution in [2.24, 2.45) is 0 Å². The molecule has 0 bridgehead atoms. The minimum absolute atomic E-state index is 1.11.